The zero-order chi connectivity index (χ0) is 8.85. The zero-order valence-corrected chi connectivity index (χ0v) is 8.35. The average Bonchev–Trinajstić information content (AvgIpc) is 2.02. The van der Waals surface area contributed by atoms with E-state index in [0.29, 0.717) is 0 Å². The molecular formula is C8H13BrN2. The molecule has 0 aromatic heterocycles. The van der Waals surface area contributed by atoms with Crippen molar-refractivity contribution in [3.05, 3.63) is 28.2 Å². The van der Waals surface area contributed by atoms with E-state index in [2.05, 4.69) is 21.7 Å². The molecule has 2 nitrogen and oxygen atoms in total. The topological polar surface area (TPSA) is 52.0 Å². The van der Waals surface area contributed by atoms with Gasteiger partial charge in [-0.05, 0) is 37.7 Å². The van der Waals surface area contributed by atoms with Crippen molar-refractivity contribution in [3.63, 3.8) is 0 Å². The summed E-state index contributed by atoms with van der Waals surface area (Å²) in [6, 6.07) is 5.82. The van der Waals surface area contributed by atoms with Crippen LogP contribution < -0.4 is 11.5 Å². The molecule has 1 aromatic rings. The van der Waals surface area contributed by atoms with Crippen LogP contribution >= 0.6 is 15.9 Å². The third-order valence-electron chi connectivity index (χ3n) is 1.23. The Morgan fingerprint density at radius 2 is 1.82 bits per heavy atom. The Balaban J connectivity index is 0.000000461. The molecule has 1 aromatic carbocycles. The summed E-state index contributed by atoms with van der Waals surface area (Å²) in [6.45, 7) is 1.99. The van der Waals surface area contributed by atoms with Crippen molar-refractivity contribution < 1.29 is 0 Å². The summed E-state index contributed by atoms with van der Waals surface area (Å²) in [6.07, 6.45) is 0. The van der Waals surface area contributed by atoms with Gasteiger partial charge in [-0.3, -0.25) is 0 Å². The van der Waals surface area contributed by atoms with Gasteiger partial charge in [0.25, 0.3) is 0 Å². The lowest BCUT2D eigenvalue weighted by atomic mass is 10.2. The predicted molar refractivity (Wildman–Crippen MR) is 53.4 cm³/mol. The third-order valence-corrected chi connectivity index (χ3v) is 1.73. The summed E-state index contributed by atoms with van der Waals surface area (Å²) in [7, 11) is 1.50. The van der Waals surface area contributed by atoms with Crippen LogP contribution in [0.3, 0.4) is 0 Å². The second-order valence-corrected chi connectivity index (χ2v) is 2.92. The highest BCUT2D eigenvalue weighted by atomic mass is 79.9. The molecule has 0 aliphatic rings. The Bertz CT molecular complexity index is 223. The highest BCUT2D eigenvalue weighted by Gasteiger charge is 1.90. The van der Waals surface area contributed by atoms with E-state index in [1.165, 1.54) is 7.05 Å². The number of anilines is 1. The first-order valence-electron chi connectivity index (χ1n) is 3.29. The Morgan fingerprint density at radius 3 is 2.18 bits per heavy atom. The molecule has 0 radical (unpaired) electrons. The van der Waals surface area contributed by atoms with E-state index in [9.17, 15) is 0 Å². The van der Waals surface area contributed by atoms with Gasteiger partial charge in [0.1, 0.15) is 0 Å². The summed E-state index contributed by atoms with van der Waals surface area (Å²) < 4.78 is 1.08. The number of nitrogen functional groups attached to an aromatic ring is 1. The van der Waals surface area contributed by atoms with Gasteiger partial charge in [0.2, 0.25) is 0 Å². The van der Waals surface area contributed by atoms with Crippen molar-refractivity contribution in [1.29, 1.82) is 0 Å². The van der Waals surface area contributed by atoms with Crippen LogP contribution in [0.15, 0.2) is 22.7 Å². The van der Waals surface area contributed by atoms with Gasteiger partial charge in [0, 0.05) is 10.2 Å². The number of halogens is 1. The van der Waals surface area contributed by atoms with Crippen molar-refractivity contribution in [3.8, 4) is 0 Å². The third kappa shape index (κ3) is 3.39. The van der Waals surface area contributed by atoms with E-state index in [4.69, 9.17) is 5.73 Å². The fourth-order valence-corrected chi connectivity index (χ4v) is 1.11. The van der Waals surface area contributed by atoms with Gasteiger partial charge in [-0.15, -0.1) is 0 Å². The summed E-state index contributed by atoms with van der Waals surface area (Å²) in [5.41, 5.74) is 12.0. The molecule has 0 fully saturated rings. The van der Waals surface area contributed by atoms with Crippen LogP contribution in [-0.4, -0.2) is 7.05 Å². The highest BCUT2D eigenvalue weighted by molar-refractivity contribution is 9.10. The molecule has 0 aliphatic heterocycles. The van der Waals surface area contributed by atoms with Crippen LogP contribution in [-0.2, 0) is 0 Å². The number of hydrogen-bond acceptors (Lipinski definition) is 2. The molecule has 3 heteroatoms. The minimum Gasteiger partial charge on any atom is -0.399 e. The van der Waals surface area contributed by atoms with Crippen molar-refractivity contribution in [2.45, 2.75) is 6.92 Å². The lowest BCUT2D eigenvalue weighted by Crippen LogP contribution is -1.87. The highest BCUT2D eigenvalue weighted by Crippen LogP contribution is 2.16. The van der Waals surface area contributed by atoms with Gasteiger partial charge in [0.15, 0.2) is 0 Å². The summed E-state index contributed by atoms with van der Waals surface area (Å²) in [4.78, 5) is 0. The number of rotatable bonds is 0. The molecule has 0 amide bonds. The summed E-state index contributed by atoms with van der Waals surface area (Å²) >= 11 is 3.34. The van der Waals surface area contributed by atoms with E-state index >= 15 is 0 Å². The molecule has 1 rings (SSSR count). The van der Waals surface area contributed by atoms with Crippen LogP contribution in [0.5, 0.6) is 0 Å². The van der Waals surface area contributed by atoms with Gasteiger partial charge < -0.3 is 11.5 Å². The largest absolute Gasteiger partial charge is 0.399 e. The van der Waals surface area contributed by atoms with Gasteiger partial charge in [-0.1, -0.05) is 15.9 Å². The Labute approximate surface area is 75.7 Å². The van der Waals surface area contributed by atoms with Crippen molar-refractivity contribution in [1.82, 2.24) is 0 Å². The van der Waals surface area contributed by atoms with Gasteiger partial charge in [-0.2, -0.15) is 0 Å². The van der Waals surface area contributed by atoms with Crippen LogP contribution in [0.2, 0.25) is 0 Å². The lowest BCUT2D eigenvalue weighted by Gasteiger charge is -1.97. The second kappa shape index (κ2) is 5.16. The SMILES string of the molecule is CN.Cc1cc(Br)ccc1N. The first kappa shape index (κ1) is 10.5. The van der Waals surface area contributed by atoms with Gasteiger partial charge in [-0.25, -0.2) is 0 Å². The number of benzene rings is 1. The Kier molecular flexibility index (Phi) is 4.90. The Morgan fingerprint density at radius 1 is 1.27 bits per heavy atom. The fraction of sp³-hybridized carbons (Fsp3) is 0.250. The molecule has 0 heterocycles. The number of hydrogen-bond donors (Lipinski definition) is 2. The van der Waals surface area contributed by atoms with Crippen LogP contribution in [0.4, 0.5) is 5.69 Å². The number of aryl methyl sites for hydroxylation is 1. The standard InChI is InChI=1S/C7H8BrN.CH5N/c1-5-4-6(8)2-3-7(5)9;1-2/h2-4H,9H2,1H3;2H2,1H3. The van der Waals surface area contributed by atoms with Crippen LogP contribution in [0.1, 0.15) is 5.56 Å². The maximum absolute atomic E-state index is 5.57. The number of nitrogens with two attached hydrogens (primary N) is 2. The van der Waals surface area contributed by atoms with Gasteiger partial charge in [0.05, 0.1) is 0 Å². The van der Waals surface area contributed by atoms with E-state index in [-0.39, 0.29) is 0 Å². The second-order valence-electron chi connectivity index (χ2n) is 2.00. The molecule has 11 heavy (non-hydrogen) atoms. The molecule has 62 valence electrons. The van der Waals surface area contributed by atoms with Gasteiger partial charge >= 0.3 is 0 Å². The molecule has 0 unspecified atom stereocenters. The zero-order valence-electron chi connectivity index (χ0n) is 6.76. The lowest BCUT2D eigenvalue weighted by molar-refractivity contribution is 1.45. The molecule has 0 atom stereocenters. The summed E-state index contributed by atoms with van der Waals surface area (Å²) in [5.74, 6) is 0. The molecule has 0 aliphatic carbocycles. The van der Waals surface area contributed by atoms with Crippen molar-refractivity contribution in [2.24, 2.45) is 5.73 Å². The monoisotopic (exact) mass is 216 g/mol. The first-order valence-corrected chi connectivity index (χ1v) is 4.09. The van der Waals surface area contributed by atoms with Crippen LogP contribution in [0, 0.1) is 6.92 Å². The molecule has 0 saturated heterocycles. The molecular weight excluding hydrogens is 204 g/mol. The normalized spacial score (nSPS) is 8.36. The molecule has 0 saturated carbocycles. The first-order chi connectivity index (χ1) is 5.20. The van der Waals surface area contributed by atoms with E-state index < -0.39 is 0 Å². The quantitative estimate of drug-likeness (QED) is 0.652. The van der Waals surface area contributed by atoms with E-state index in [1.807, 2.05) is 25.1 Å². The van der Waals surface area contributed by atoms with Crippen molar-refractivity contribution >= 4 is 21.6 Å². The smallest absolute Gasteiger partial charge is 0.0344 e. The maximum Gasteiger partial charge on any atom is 0.0344 e. The van der Waals surface area contributed by atoms with Crippen molar-refractivity contribution in [2.75, 3.05) is 12.8 Å². The molecule has 4 N–H and O–H groups in total. The summed E-state index contributed by atoms with van der Waals surface area (Å²) in [5, 5.41) is 0. The van der Waals surface area contributed by atoms with E-state index in [0.717, 1.165) is 15.7 Å². The Hall–Kier alpha value is -0.540. The molecule has 0 spiro atoms. The fourth-order valence-electron chi connectivity index (χ4n) is 0.639. The minimum atomic E-state index is 0.846. The minimum absolute atomic E-state index is 0.846. The average molecular weight is 217 g/mol. The maximum atomic E-state index is 5.57. The molecule has 0 bridgehead atoms. The predicted octanol–water partition coefficient (Wildman–Crippen LogP) is 1.91. The van der Waals surface area contributed by atoms with E-state index in [1.54, 1.807) is 0 Å². The van der Waals surface area contributed by atoms with Crippen LogP contribution in [0.25, 0.3) is 0 Å².